The summed E-state index contributed by atoms with van der Waals surface area (Å²) in [5, 5.41) is 13.1. The van der Waals surface area contributed by atoms with Crippen LogP contribution in [0.3, 0.4) is 0 Å². The van der Waals surface area contributed by atoms with Gasteiger partial charge in [-0.15, -0.1) is 11.3 Å². The highest BCUT2D eigenvalue weighted by atomic mass is 32.1. The molecule has 5 heteroatoms. The molecule has 1 amide bonds. The molecule has 1 aliphatic rings. The van der Waals surface area contributed by atoms with Gasteiger partial charge in [-0.2, -0.15) is 0 Å². The van der Waals surface area contributed by atoms with Crippen LogP contribution < -0.4 is 5.32 Å². The quantitative estimate of drug-likeness (QED) is 0.817. The van der Waals surface area contributed by atoms with Crippen LogP contribution in [0.4, 0.5) is 5.00 Å². The van der Waals surface area contributed by atoms with Gasteiger partial charge < -0.3 is 10.4 Å². The summed E-state index contributed by atoms with van der Waals surface area (Å²) in [6, 6.07) is 8.86. The Kier molecular flexibility index (Phi) is 4.23. The highest BCUT2D eigenvalue weighted by Crippen LogP contribution is 2.52. The van der Waals surface area contributed by atoms with Gasteiger partial charge in [0.25, 0.3) is 5.91 Å². The van der Waals surface area contributed by atoms with Crippen molar-refractivity contribution in [2.75, 3.05) is 5.32 Å². The molecule has 3 rings (SSSR count). The summed E-state index contributed by atoms with van der Waals surface area (Å²) in [5.74, 6) is -1.26. The first-order valence-electron chi connectivity index (χ1n) is 8.37. The number of carbonyl (C=O) groups excluding carboxylic acids is 1. The molecule has 1 heterocycles. The van der Waals surface area contributed by atoms with Gasteiger partial charge in [-0.05, 0) is 41.4 Å². The summed E-state index contributed by atoms with van der Waals surface area (Å²) in [6.45, 7) is 8.64. The van der Waals surface area contributed by atoms with Crippen molar-refractivity contribution in [1.82, 2.24) is 0 Å². The molecular formula is C20H23NO3S. The second-order valence-electron chi connectivity index (χ2n) is 8.14. The van der Waals surface area contributed by atoms with E-state index in [1.54, 1.807) is 24.3 Å². The van der Waals surface area contributed by atoms with E-state index in [-0.39, 0.29) is 22.3 Å². The lowest BCUT2D eigenvalue weighted by Crippen LogP contribution is -2.34. The van der Waals surface area contributed by atoms with E-state index in [9.17, 15) is 14.7 Å². The summed E-state index contributed by atoms with van der Waals surface area (Å²) in [7, 11) is 0. The van der Waals surface area contributed by atoms with Gasteiger partial charge in [0, 0.05) is 10.4 Å². The number of fused-ring (bicyclic) bond motifs is 1. The molecule has 0 unspecified atom stereocenters. The molecule has 0 bridgehead atoms. The third kappa shape index (κ3) is 3.33. The Bertz CT molecular complexity index is 834. The maximum Gasteiger partial charge on any atom is 0.339 e. The van der Waals surface area contributed by atoms with E-state index < -0.39 is 5.97 Å². The zero-order valence-electron chi connectivity index (χ0n) is 15.0. The van der Waals surface area contributed by atoms with Crippen molar-refractivity contribution >= 4 is 28.2 Å². The molecule has 132 valence electrons. The molecule has 0 aliphatic heterocycles. The summed E-state index contributed by atoms with van der Waals surface area (Å²) in [4.78, 5) is 25.5. The second kappa shape index (κ2) is 5.99. The van der Waals surface area contributed by atoms with Crippen molar-refractivity contribution in [3.05, 3.63) is 51.9 Å². The Balaban J connectivity index is 2.06. The fraction of sp³-hybridized carbons (Fsp3) is 0.400. The lowest BCUT2D eigenvalue weighted by molar-refractivity contribution is 0.0696. The SMILES string of the molecule is CC1(C)Cc2c(sc(NC(=O)c3ccccc3)c2C(=O)O)C(C)(C)C1. The molecule has 0 atom stereocenters. The largest absolute Gasteiger partial charge is 0.478 e. The first kappa shape index (κ1) is 17.7. The van der Waals surface area contributed by atoms with Gasteiger partial charge in [-0.3, -0.25) is 4.79 Å². The minimum absolute atomic E-state index is 0.0302. The standard InChI is InChI=1S/C20H23NO3S/c1-19(2)10-13-14(18(23)24)17(25-15(13)20(3,4)11-19)21-16(22)12-8-6-5-7-9-12/h5-9H,10-11H2,1-4H3,(H,21,22)(H,23,24). The van der Waals surface area contributed by atoms with Crippen LogP contribution in [0.15, 0.2) is 30.3 Å². The average molecular weight is 357 g/mol. The van der Waals surface area contributed by atoms with Crippen LogP contribution in [-0.2, 0) is 11.8 Å². The maximum atomic E-state index is 12.5. The van der Waals surface area contributed by atoms with Gasteiger partial charge in [0.2, 0.25) is 0 Å². The molecule has 25 heavy (non-hydrogen) atoms. The first-order valence-corrected chi connectivity index (χ1v) is 9.18. The molecule has 1 aliphatic carbocycles. The third-order valence-electron chi connectivity index (χ3n) is 4.67. The number of benzene rings is 1. The lowest BCUT2D eigenvalue weighted by Gasteiger charge is -2.40. The minimum Gasteiger partial charge on any atom is -0.478 e. The van der Waals surface area contributed by atoms with Gasteiger partial charge in [-0.25, -0.2) is 4.79 Å². The predicted octanol–water partition coefficient (Wildman–Crippen LogP) is 4.95. The Morgan fingerprint density at radius 3 is 2.36 bits per heavy atom. The van der Waals surface area contributed by atoms with Crippen molar-refractivity contribution in [3.8, 4) is 0 Å². The second-order valence-corrected chi connectivity index (χ2v) is 9.16. The highest BCUT2D eigenvalue weighted by Gasteiger charge is 2.42. The maximum absolute atomic E-state index is 12.5. The molecule has 0 spiro atoms. The van der Waals surface area contributed by atoms with Gasteiger partial charge in [0.15, 0.2) is 0 Å². The number of anilines is 1. The number of thiophene rings is 1. The van der Waals surface area contributed by atoms with E-state index in [2.05, 4.69) is 33.0 Å². The number of nitrogens with one attached hydrogen (secondary N) is 1. The Hall–Kier alpha value is -2.14. The molecule has 0 saturated heterocycles. The van der Waals surface area contributed by atoms with Crippen molar-refractivity contribution in [2.24, 2.45) is 5.41 Å². The monoisotopic (exact) mass is 357 g/mol. The average Bonchev–Trinajstić information content (AvgIpc) is 2.85. The minimum atomic E-state index is -0.977. The Morgan fingerprint density at radius 1 is 1.12 bits per heavy atom. The fourth-order valence-corrected chi connectivity index (χ4v) is 5.38. The predicted molar refractivity (Wildman–Crippen MR) is 101 cm³/mol. The molecule has 1 aromatic heterocycles. The van der Waals surface area contributed by atoms with Crippen molar-refractivity contribution in [1.29, 1.82) is 0 Å². The van der Waals surface area contributed by atoms with Gasteiger partial charge in [0.05, 0.1) is 5.56 Å². The van der Waals surface area contributed by atoms with Crippen LogP contribution in [0.1, 0.15) is 65.3 Å². The van der Waals surface area contributed by atoms with E-state index >= 15 is 0 Å². The van der Waals surface area contributed by atoms with Gasteiger partial charge >= 0.3 is 5.97 Å². The molecule has 2 N–H and O–H groups in total. The molecular weight excluding hydrogens is 334 g/mol. The number of aromatic carboxylic acids is 1. The van der Waals surface area contributed by atoms with Crippen LogP contribution >= 0.6 is 11.3 Å². The Labute approximate surface area is 151 Å². The van der Waals surface area contributed by atoms with Gasteiger partial charge in [-0.1, -0.05) is 45.9 Å². The van der Waals surface area contributed by atoms with Crippen molar-refractivity contribution < 1.29 is 14.7 Å². The summed E-state index contributed by atoms with van der Waals surface area (Å²) in [5.41, 5.74) is 1.57. The zero-order chi connectivity index (χ0) is 18.4. The molecule has 4 nitrogen and oxygen atoms in total. The van der Waals surface area contributed by atoms with E-state index in [4.69, 9.17) is 0 Å². The van der Waals surface area contributed by atoms with E-state index in [0.717, 1.165) is 16.9 Å². The normalized spacial score (nSPS) is 17.6. The van der Waals surface area contributed by atoms with Crippen LogP contribution in [0.5, 0.6) is 0 Å². The number of hydrogen-bond donors (Lipinski definition) is 2. The zero-order valence-corrected chi connectivity index (χ0v) is 15.8. The topological polar surface area (TPSA) is 66.4 Å². The molecule has 0 saturated carbocycles. The summed E-state index contributed by atoms with van der Waals surface area (Å²) >= 11 is 1.41. The molecule has 1 aromatic carbocycles. The fourth-order valence-electron chi connectivity index (χ4n) is 4.08. The summed E-state index contributed by atoms with van der Waals surface area (Å²) in [6.07, 6.45) is 1.70. The number of carboxylic acids is 1. The lowest BCUT2D eigenvalue weighted by atomic mass is 9.65. The summed E-state index contributed by atoms with van der Waals surface area (Å²) < 4.78 is 0. The van der Waals surface area contributed by atoms with Crippen LogP contribution in [0.2, 0.25) is 0 Å². The Morgan fingerprint density at radius 2 is 1.76 bits per heavy atom. The third-order valence-corrected chi connectivity index (χ3v) is 6.19. The van der Waals surface area contributed by atoms with Crippen molar-refractivity contribution in [3.63, 3.8) is 0 Å². The first-order chi connectivity index (χ1) is 11.6. The van der Waals surface area contributed by atoms with E-state index in [0.29, 0.717) is 17.0 Å². The molecule has 2 aromatic rings. The smallest absolute Gasteiger partial charge is 0.339 e. The number of hydrogen-bond acceptors (Lipinski definition) is 3. The number of carboxylic acid groups (broad SMARTS) is 1. The van der Waals surface area contributed by atoms with Crippen LogP contribution in [0, 0.1) is 5.41 Å². The highest BCUT2D eigenvalue weighted by molar-refractivity contribution is 7.17. The van der Waals surface area contributed by atoms with Crippen molar-refractivity contribution in [2.45, 2.75) is 46.0 Å². The molecule has 0 fully saturated rings. The van der Waals surface area contributed by atoms with Gasteiger partial charge in [0.1, 0.15) is 5.00 Å². The van der Waals surface area contributed by atoms with Crippen LogP contribution in [0.25, 0.3) is 0 Å². The van der Waals surface area contributed by atoms with Crippen LogP contribution in [-0.4, -0.2) is 17.0 Å². The van der Waals surface area contributed by atoms with E-state index in [1.165, 1.54) is 11.3 Å². The molecule has 0 radical (unpaired) electrons. The number of amides is 1. The van der Waals surface area contributed by atoms with E-state index in [1.807, 2.05) is 6.07 Å². The number of carbonyl (C=O) groups is 2. The number of rotatable bonds is 3.